The van der Waals surface area contributed by atoms with Crippen molar-refractivity contribution in [2.45, 2.75) is 25.8 Å². The van der Waals surface area contributed by atoms with Crippen LogP contribution in [0.1, 0.15) is 30.1 Å². The second-order valence-electron chi connectivity index (χ2n) is 5.43. The Balaban J connectivity index is 2.19. The van der Waals surface area contributed by atoms with Crippen LogP contribution in [-0.2, 0) is 0 Å². The zero-order chi connectivity index (χ0) is 14.0. The Morgan fingerprint density at radius 2 is 2.16 bits per heavy atom. The number of ketones is 1. The zero-order valence-corrected chi connectivity index (χ0v) is 11.8. The molecule has 1 aliphatic rings. The van der Waals surface area contributed by atoms with Crippen LogP contribution in [0.2, 0.25) is 0 Å². The average Bonchev–Trinajstić information content (AvgIpc) is 2.38. The lowest BCUT2D eigenvalue weighted by atomic mass is 10.0. The second kappa shape index (κ2) is 5.70. The third-order valence-corrected chi connectivity index (χ3v) is 3.82. The summed E-state index contributed by atoms with van der Waals surface area (Å²) in [5, 5.41) is 0. The van der Waals surface area contributed by atoms with Crippen molar-refractivity contribution in [1.29, 1.82) is 0 Å². The molecule has 104 valence electrons. The molecule has 1 aromatic carbocycles. The normalized spacial score (nSPS) is 19.8. The number of carbonyl (C=O) groups is 1. The Bertz CT molecular complexity index is 473. The van der Waals surface area contributed by atoms with Crippen molar-refractivity contribution in [2.24, 2.45) is 0 Å². The summed E-state index contributed by atoms with van der Waals surface area (Å²) in [7, 11) is 4.12. The Labute approximate surface area is 114 Å². The summed E-state index contributed by atoms with van der Waals surface area (Å²) in [4.78, 5) is 15.5. The Morgan fingerprint density at radius 3 is 2.74 bits per heavy atom. The number of Topliss-reactive ketones (excluding diaryl/α,β-unsaturated/α-hetero) is 1. The summed E-state index contributed by atoms with van der Waals surface area (Å²) in [5.41, 5.74) is 1.04. The maximum Gasteiger partial charge on any atom is 0.159 e. The third kappa shape index (κ3) is 3.13. The van der Waals surface area contributed by atoms with Crippen molar-refractivity contribution in [3.8, 4) is 0 Å². The van der Waals surface area contributed by atoms with E-state index >= 15 is 0 Å². The summed E-state index contributed by atoms with van der Waals surface area (Å²) in [6.07, 6.45) is 2.22. The van der Waals surface area contributed by atoms with Crippen LogP contribution < -0.4 is 4.90 Å². The van der Waals surface area contributed by atoms with Crippen LogP contribution in [0.25, 0.3) is 0 Å². The van der Waals surface area contributed by atoms with E-state index in [4.69, 9.17) is 0 Å². The van der Waals surface area contributed by atoms with Gasteiger partial charge in [-0.2, -0.15) is 0 Å². The van der Waals surface area contributed by atoms with Gasteiger partial charge in [-0.3, -0.25) is 4.79 Å². The summed E-state index contributed by atoms with van der Waals surface area (Å²) >= 11 is 0. The lowest BCUT2D eigenvalue weighted by Crippen LogP contribution is -2.45. The molecule has 1 saturated heterocycles. The number of hydrogen-bond donors (Lipinski definition) is 0. The van der Waals surface area contributed by atoms with Crippen molar-refractivity contribution in [3.05, 3.63) is 29.6 Å². The standard InChI is InChI=1S/C15H21FN2O/c1-11(19)12-6-7-15(14(16)9-12)18-8-4-5-13(10-18)17(2)3/h6-7,9,13H,4-5,8,10H2,1-3H3. The topological polar surface area (TPSA) is 23.6 Å². The first-order valence-corrected chi connectivity index (χ1v) is 6.71. The van der Waals surface area contributed by atoms with Crippen molar-refractivity contribution < 1.29 is 9.18 Å². The van der Waals surface area contributed by atoms with Gasteiger partial charge in [-0.15, -0.1) is 0 Å². The van der Waals surface area contributed by atoms with Crippen LogP contribution >= 0.6 is 0 Å². The Kier molecular flexibility index (Phi) is 4.20. The van der Waals surface area contributed by atoms with Crippen LogP contribution in [0.5, 0.6) is 0 Å². The quantitative estimate of drug-likeness (QED) is 0.784. The number of likely N-dealkylation sites (N-methyl/N-ethyl adjacent to an activating group) is 1. The minimum atomic E-state index is -0.299. The molecule has 0 saturated carbocycles. The van der Waals surface area contributed by atoms with E-state index in [0.717, 1.165) is 25.9 Å². The van der Waals surface area contributed by atoms with Crippen molar-refractivity contribution in [1.82, 2.24) is 4.90 Å². The lowest BCUT2D eigenvalue weighted by Gasteiger charge is -2.37. The Hall–Kier alpha value is -1.42. The van der Waals surface area contributed by atoms with E-state index in [9.17, 15) is 9.18 Å². The van der Waals surface area contributed by atoms with Gasteiger partial charge in [-0.1, -0.05) is 0 Å². The summed E-state index contributed by atoms with van der Waals surface area (Å²) in [5.74, 6) is -0.401. The van der Waals surface area contributed by atoms with Gasteiger partial charge in [0.2, 0.25) is 0 Å². The molecular weight excluding hydrogens is 243 g/mol. The van der Waals surface area contributed by atoms with Crippen molar-refractivity contribution >= 4 is 11.5 Å². The van der Waals surface area contributed by atoms with Gasteiger partial charge in [0.05, 0.1) is 5.69 Å². The molecule has 4 heteroatoms. The first-order chi connectivity index (χ1) is 8.99. The summed E-state index contributed by atoms with van der Waals surface area (Å²) in [6, 6.07) is 5.24. The molecule has 1 aliphatic heterocycles. The number of anilines is 1. The molecule has 0 spiro atoms. The highest BCUT2D eigenvalue weighted by Crippen LogP contribution is 2.25. The minimum Gasteiger partial charge on any atom is -0.368 e. The molecule has 1 fully saturated rings. The van der Waals surface area contributed by atoms with Crippen LogP contribution in [0.3, 0.4) is 0 Å². The highest BCUT2D eigenvalue weighted by atomic mass is 19.1. The fraction of sp³-hybridized carbons (Fsp3) is 0.533. The lowest BCUT2D eigenvalue weighted by molar-refractivity contribution is 0.101. The zero-order valence-electron chi connectivity index (χ0n) is 11.8. The first kappa shape index (κ1) is 14.0. The first-order valence-electron chi connectivity index (χ1n) is 6.71. The predicted molar refractivity (Wildman–Crippen MR) is 75.3 cm³/mol. The number of piperidine rings is 1. The maximum atomic E-state index is 14.1. The third-order valence-electron chi connectivity index (χ3n) is 3.82. The predicted octanol–water partition coefficient (Wildman–Crippen LogP) is 2.56. The van der Waals surface area contributed by atoms with Crippen LogP contribution in [-0.4, -0.2) is 43.9 Å². The summed E-state index contributed by atoms with van der Waals surface area (Å²) in [6.45, 7) is 3.17. The number of rotatable bonds is 3. The van der Waals surface area contributed by atoms with Crippen LogP contribution in [0, 0.1) is 5.82 Å². The molecule has 3 nitrogen and oxygen atoms in total. The van der Waals surface area contributed by atoms with E-state index in [-0.39, 0.29) is 11.6 Å². The van der Waals surface area contributed by atoms with Crippen molar-refractivity contribution in [2.75, 3.05) is 32.1 Å². The van der Waals surface area contributed by atoms with E-state index in [1.807, 2.05) is 0 Å². The van der Waals surface area contributed by atoms with Gasteiger partial charge < -0.3 is 9.80 Å². The average molecular weight is 264 g/mol. The van der Waals surface area contributed by atoms with Gasteiger partial charge in [-0.25, -0.2) is 4.39 Å². The van der Waals surface area contributed by atoms with E-state index in [1.54, 1.807) is 12.1 Å². The maximum absolute atomic E-state index is 14.1. The smallest absolute Gasteiger partial charge is 0.159 e. The van der Waals surface area contributed by atoms with E-state index in [0.29, 0.717) is 17.3 Å². The van der Waals surface area contributed by atoms with E-state index < -0.39 is 0 Å². The monoisotopic (exact) mass is 264 g/mol. The molecule has 1 unspecified atom stereocenters. The number of benzene rings is 1. The molecule has 1 heterocycles. The Morgan fingerprint density at radius 1 is 1.42 bits per heavy atom. The van der Waals surface area contributed by atoms with Gasteiger partial charge in [0.25, 0.3) is 0 Å². The molecule has 0 bridgehead atoms. The molecule has 19 heavy (non-hydrogen) atoms. The molecule has 1 aromatic rings. The van der Waals surface area contributed by atoms with Crippen LogP contribution in [0.4, 0.5) is 10.1 Å². The number of halogens is 1. The number of nitrogens with zero attached hydrogens (tertiary/aromatic N) is 2. The molecule has 2 rings (SSSR count). The number of hydrogen-bond acceptors (Lipinski definition) is 3. The molecule has 1 atom stereocenters. The molecule has 0 N–H and O–H groups in total. The highest BCUT2D eigenvalue weighted by molar-refractivity contribution is 5.94. The minimum absolute atomic E-state index is 0.102. The molecule has 0 radical (unpaired) electrons. The van der Waals surface area contributed by atoms with Crippen LogP contribution in [0.15, 0.2) is 18.2 Å². The molecule has 0 amide bonds. The summed E-state index contributed by atoms with van der Waals surface area (Å²) < 4.78 is 14.1. The molecule has 0 aromatic heterocycles. The SMILES string of the molecule is CC(=O)c1ccc(N2CCCC(N(C)C)C2)c(F)c1. The fourth-order valence-corrected chi connectivity index (χ4v) is 2.58. The molecule has 0 aliphatic carbocycles. The fourth-order valence-electron chi connectivity index (χ4n) is 2.58. The van der Waals surface area contributed by atoms with Crippen molar-refractivity contribution in [3.63, 3.8) is 0 Å². The van der Waals surface area contributed by atoms with Gasteiger partial charge in [0.1, 0.15) is 5.82 Å². The van der Waals surface area contributed by atoms with Gasteiger partial charge in [0.15, 0.2) is 5.78 Å². The van der Waals surface area contributed by atoms with Gasteiger partial charge >= 0.3 is 0 Å². The highest BCUT2D eigenvalue weighted by Gasteiger charge is 2.23. The van der Waals surface area contributed by atoms with Gasteiger partial charge in [0, 0.05) is 24.7 Å². The van der Waals surface area contributed by atoms with E-state index in [2.05, 4.69) is 23.9 Å². The van der Waals surface area contributed by atoms with Gasteiger partial charge in [-0.05, 0) is 52.1 Å². The second-order valence-corrected chi connectivity index (χ2v) is 5.43. The van der Waals surface area contributed by atoms with E-state index in [1.165, 1.54) is 13.0 Å². The number of carbonyl (C=O) groups excluding carboxylic acids is 1. The molecular formula is C15H21FN2O. The largest absolute Gasteiger partial charge is 0.368 e.